The summed E-state index contributed by atoms with van der Waals surface area (Å²) in [6.07, 6.45) is 0. The van der Waals surface area contributed by atoms with E-state index in [9.17, 15) is 0 Å². The fourth-order valence-electron chi connectivity index (χ4n) is 0.547. The predicted molar refractivity (Wildman–Crippen MR) is 57.7 cm³/mol. The largest absolute Gasteiger partial charge is 0.266 e. The van der Waals surface area contributed by atoms with E-state index in [4.69, 9.17) is 58.9 Å². The van der Waals surface area contributed by atoms with E-state index in [0.29, 0.717) is 7.88 Å². The Morgan fingerprint density at radius 2 is 1.29 bits per heavy atom. The maximum Gasteiger partial charge on any atom is 0.262 e. The molecule has 1 rings (SSSR count). The molecule has 0 spiro atoms. The first-order chi connectivity index (χ1) is 6.54. The maximum atomic E-state index is 5.38. The minimum atomic E-state index is -0.0761. The average Bonchev–Trinajstić information content (AvgIpc) is 2.16. The van der Waals surface area contributed by atoms with Crippen molar-refractivity contribution in [1.29, 1.82) is 0 Å². The van der Waals surface area contributed by atoms with Crippen LogP contribution in [0.15, 0.2) is 0 Å². The highest BCUT2D eigenvalue weighted by Crippen LogP contribution is 2.21. The van der Waals surface area contributed by atoms with Gasteiger partial charge < -0.3 is 0 Å². The third kappa shape index (κ3) is 2.93. The summed E-state index contributed by atoms with van der Waals surface area (Å²) in [4.78, 5) is 13.2. The summed E-state index contributed by atoms with van der Waals surface area (Å²) < 4.78 is 1.22. The highest BCUT2D eigenvalue weighted by atomic mass is 35.5. The van der Waals surface area contributed by atoms with Crippen molar-refractivity contribution in [3.05, 3.63) is 0 Å². The SMILES string of the molecule is ClNc1nc(N(Cl)Cl)nc(N(Cl)Cl)n1. The summed E-state index contributed by atoms with van der Waals surface area (Å²) in [6.45, 7) is 0. The number of rotatable bonds is 3. The molecule has 0 radical (unpaired) electrons. The molecule has 0 unspecified atom stereocenters. The number of aromatic nitrogens is 3. The van der Waals surface area contributed by atoms with Crippen LogP contribution >= 0.6 is 58.9 Å². The topological polar surface area (TPSA) is 57.2 Å². The summed E-state index contributed by atoms with van der Waals surface area (Å²) in [5, 5.41) is 0. The number of nitrogens with one attached hydrogen (secondary N) is 1. The Morgan fingerprint density at radius 1 is 0.857 bits per heavy atom. The normalized spacial score (nSPS) is 9.79. The Hall–Kier alpha value is -0.140. The maximum absolute atomic E-state index is 5.38. The number of anilines is 3. The molecule has 14 heavy (non-hydrogen) atoms. The molecule has 6 nitrogen and oxygen atoms in total. The van der Waals surface area contributed by atoms with Gasteiger partial charge in [-0.1, -0.05) is 0 Å². The van der Waals surface area contributed by atoms with Gasteiger partial charge in [0.05, 0.1) is 0 Å². The molecule has 0 aromatic carbocycles. The van der Waals surface area contributed by atoms with Crippen molar-refractivity contribution in [2.75, 3.05) is 12.7 Å². The third-order valence-corrected chi connectivity index (χ3v) is 1.77. The van der Waals surface area contributed by atoms with Gasteiger partial charge >= 0.3 is 0 Å². The van der Waals surface area contributed by atoms with Gasteiger partial charge in [0.1, 0.15) is 0 Å². The lowest BCUT2D eigenvalue weighted by Gasteiger charge is -2.08. The minimum Gasteiger partial charge on any atom is -0.266 e. The standard InChI is InChI=1S/C3HCl5N6/c4-12-1-9-2(13(5)6)11-3(10-1)14(7)8/h(H,9,10,11,12). The summed E-state index contributed by atoms with van der Waals surface area (Å²) >= 11 is 26.8. The van der Waals surface area contributed by atoms with Crippen LogP contribution in [0.5, 0.6) is 0 Å². The van der Waals surface area contributed by atoms with Crippen molar-refractivity contribution in [3.63, 3.8) is 0 Å². The Balaban J connectivity index is 3.13. The van der Waals surface area contributed by atoms with Crippen LogP contribution in [0.3, 0.4) is 0 Å². The van der Waals surface area contributed by atoms with Crippen LogP contribution < -0.4 is 12.7 Å². The van der Waals surface area contributed by atoms with E-state index in [-0.39, 0.29) is 17.8 Å². The molecular formula is C3HCl5N6. The van der Waals surface area contributed by atoms with Crippen molar-refractivity contribution in [2.45, 2.75) is 0 Å². The van der Waals surface area contributed by atoms with Gasteiger partial charge in [-0.15, -0.1) is 0 Å². The second kappa shape index (κ2) is 5.09. The van der Waals surface area contributed by atoms with Crippen LogP contribution in [0.2, 0.25) is 0 Å². The number of hydrogen-bond donors (Lipinski definition) is 1. The van der Waals surface area contributed by atoms with Gasteiger partial charge in [0.15, 0.2) is 0 Å². The molecule has 1 N–H and O–H groups in total. The van der Waals surface area contributed by atoms with Crippen molar-refractivity contribution >= 4 is 76.7 Å². The highest BCUT2D eigenvalue weighted by Gasteiger charge is 2.13. The zero-order valence-corrected chi connectivity index (χ0v) is 9.91. The molecular weight excluding hydrogens is 297 g/mol. The van der Waals surface area contributed by atoms with Gasteiger partial charge in [-0.3, -0.25) is 4.84 Å². The second-order valence-corrected chi connectivity index (χ2v) is 3.71. The molecule has 0 aliphatic rings. The van der Waals surface area contributed by atoms with Gasteiger partial charge in [0.2, 0.25) is 5.95 Å². The molecule has 1 aromatic heterocycles. The molecule has 1 heterocycles. The first-order valence-corrected chi connectivity index (χ1v) is 4.63. The molecule has 0 amide bonds. The van der Waals surface area contributed by atoms with Crippen LogP contribution in [-0.4, -0.2) is 15.0 Å². The molecule has 0 saturated heterocycles. The minimum absolute atomic E-state index is 0.00395. The summed E-state index contributed by atoms with van der Waals surface area (Å²) in [5.41, 5.74) is 0. The third-order valence-electron chi connectivity index (χ3n) is 0.999. The first kappa shape index (κ1) is 11.9. The quantitative estimate of drug-likeness (QED) is 0.866. The summed E-state index contributed by atoms with van der Waals surface area (Å²) in [5.74, 6) is -0.148. The van der Waals surface area contributed by atoms with Gasteiger partial charge in [-0.05, 0) is 0 Å². The highest BCUT2D eigenvalue weighted by molar-refractivity contribution is 6.49. The summed E-state index contributed by atoms with van der Waals surface area (Å²) in [7, 11) is 0. The van der Waals surface area contributed by atoms with Gasteiger partial charge in [0.25, 0.3) is 11.9 Å². The Labute approximate surface area is 104 Å². The van der Waals surface area contributed by atoms with Gasteiger partial charge in [-0.2, -0.15) is 22.8 Å². The van der Waals surface area contributed by atoms with Crippen molar-refractivity contribution < 1.29 is 0 Å². The lowest BCUT2D eigenvalue weighted by Crippen LogP contribution is -2.08. The molecule has 0 bridgehead atoms. The fraction of sp³-hybridized carbons (Fsp3) is 0. The first-order valence-electron chi connectivity index (χ1n) is 2.90. The fourth-order valence-corrected chi connectivity index (χ4v) is 0.934. The molecule has 1 aromatic rings. The predicted octanol–water partition coefficient (Wildman–Crippen LogP) is 2.67. The molecule has 0 atom stereocenters. The zero-order chi connectivity index (χ0) is 10.7. The number of nitrogens with zero attached hydrogens (tertiary/aromatic N) is 5. The van der Waals surface area contributed by atoms with E-state index in [2.05, 4.69) is 19.8 Å². The monoisotopic (exact) mass is 296 g/mol. The smallest absolute Gasteiger partial charge is 0.262 e. The summed E-state index contributed by atoms with van der Waals surface area (Å²) in [6, 6.07) is 0. The zero-order valence-electron chi connectivity index (χ0n) is 6.13. The molecule has 0 aliphatic heterocycles. The molecule has 78 valence electrons. The van der Waals surface area contributed by atoms with E-state index in [1.807, 2.05) is 0 Å². The van der Waals surface area contributed by atoms with E-state index < -0.39 is 0 Å². The van der Waals surface area contributed by atoms with Crippen LogP contribution in [0, 0.1) is 0 Å². The van der Waals surface area contributed by atoms with Crippen LogP contribution in [0.25, 0.3) is 0 Å². The van der Waals surface area contributed by atoms with Gasteiger partial charge in [-0.25, -0.2) is 0 Å². The number of hydrogen-bond acceptors (Lipinski definition) is 6. The molecule has 0 aliphatic carbocycles. The van der Waals surface area contributed by atoms with E-state index >= 15 is 0 Å². The van der Waals surface area contributed by atoms with Crippen LogP contribution in [-0.2, 0) is 0 Å². The van der Waals surface area contributed by atoms with E-state index in [1.54, 1.807) is 0 Å². The van der Waals surface area contributed by atoms with Crippen LogP contribution in [0.1, 0.15) is 0 Å². The van der Waals surface area contributed by atoms with E-state index in [1.165, 1.54) is 0 Å². The lowest BCUT2D eigenvalue weighted by molar-refractivity contribution is 1.06. The Kier molecular flexibility index (Phi) is 4.33. The van der Waals surface area contributed by atoms with Crippen LogP contribution in [0.4, 0.5) is 17.8 Å². The van der Waals surface area contributed by atoms with Crippen molar-refractivity contribution in [2.24, 2.45) is 0 Å². The van der Waals surface area contributed by atoms with Crippen molar-refractivity contribution in [3.8, 4) is 0 Å². The lowest BCUT2D eigenvalue weighted by atomic mass is 10.8. The van der Waals surface area contributed by atoms with Crippen molar-refractivity contribution in [1.82, 2.24) is 15.0 Å². The second-order valence-electron chi connectivity index (χ2n) is 1.82. The van der Waals surface area contributed by atoms with Gasteiger partial charge in [0, 0.05) is 58.9 Å². The Bertz CT molecular complexity index is 290. The molecule has 11 heteroatoms. The molecule has 0 saturated carbocycles. The number of halogens is 5. The van der Waals surface area contributed by atoms with E-state index in [0.717, 1.165) is 0 Å². The molecule has 0 fully saturated rings. The Morgan fingerprint density at radius 3 is 1.57 bits per heavy atom. The average molecular weight is 298 g/mol.